The van der Waals surface area contributed by atoms with Crippen molar-refractivity contribution in [2.45, 2.75) is 18.8 Å². The van der Waals surface area contributed by atoms with E-state index in [-0.39, 0.29) is 5.92 Å². The summed E-state index contributed by atoms with van der Waals surface area (Å²) in [7, 11) is 0. The fourth-order valence-corrected chi connectivity index (χ4v) is 3.80. The monoisotopic (exact) mass is 399 g/mol. The maximum atomic E-state index is 11.3. The summed E-state index contributed by atoms with van der Waals surface area (Å²) >= 11 is 6.32. The zero-order valence-electron chi connectivity index (χ0n) is 14.9. The Morgan fingerprint density at radius 2 is 1.93 bits per heavy atom. The van der Waals surface area contributed by atoms with Gasteiger partial charge in [0, 0.05) is 35.2 Å². The number of halogens is 1. The Morgan fingerprint density at radius 3 is 2.57 bits per heavy atom. The van der Waals surface area contributed by atoms with E-state index in [1.54, 1.807) is 18.2 Å². The van der Waals surface area contributed by atoms with Crippen LogP contribution in [0.3, 0.4) is 0 Å². The number of oxazole rings is 1. The van der Waals surface area contributed by atoms with Gasteiger partial charge in [-0.1, -0.05) is 23.7 Å². The number of nitrogens with zero attached hydrogens (tertiary/aromatic N) is 2. The van der Waals surface area contributed by atoms with Gasteiger partial charge >= 0.3 is 6.09 Å². The lowest BCUT2D eigenvalue weighted by Gasteiger charge is -2.28. The van der Waals surface area contributed by atoms with Crippen molar-refractivity contribution in [1.82, 2.24) is 9.88 Å². The maximum Gasteiger partial charge on any atom is 0.407 e. The third-order valence-electron chi connectivity index (χ3n) is 5.08. The normalized spacial score (nSPS) is 15.1. The van der Waals surface area contributed by atoms with E-state index in [0.29, 0.717) is 53.5 Å². The molecule has 0 aliphatic carbocycles. The quantitative estimate of drug-likeness (QED) is 0.688. The molecule has 0 atom stereocenters. The summed E-state index contributed by atoms with van der Waals surface area (Å²) in [5, 5.41) is 9.50. The molecule has 28 heavy (non-hydrogen) atoms. The van der Waals surface area contributed by atoms with Crippen LogP contribution in [0, 0.1) is 0 Å². The highest BCUT2D eigenvalue weighted by atomic mass is 35.5. The van der Waals surface area contributed by atoms with Crippen LogP contribution in [0.25, 0.3) is 22.2 Å². The SMILES string of the molecule is NC(=O)c1ccc(-c2ccc3oc(C4CCN(C(=O)O)CC4)nc3c2)c(Cl)c1. The van der Waals surface area contributed by atoms with Crippen molar-refractivity contribution >= 4 is 34.7 Å². The van der Waals surface area contributed by atoms with Gasteiger partial charge in [-0.25, -0.2) is 9.78 Å². The smallest absolute Gasteiger partial charge is 0.407 e. The summed E-state index contributed by atoms with van der Waals surface area (Å²) < 4.78 is 5.90. The van der Waals surface area contributed by atoms with Crippen LogP contribution in [0.1, 0.15) is 35.0 Å². The summed E-state index contributed by atoms with van der Waals surface area (Å²) in [5.41, 5.74) is 8.65. The number of carbonyl (C=O) groups is 2. The second kappa shape index (κ2) is 7.16. The Bertz CT molecular complexity index is 1070. The standard InChI is InChI=1S/C20H18ClN3O4/c21-15-9-13(18(22)25)1-3-14(15)12-2-4-17-16(10-12)23-19(28-17)11-5-7-24(8-6-11)20(26)27/h1-4,9-11H,5-8H2,(H2,22,25)(H,26,27). The highest BCUT2D eigenvalue weighted by Crippen LogP contribution is 2.34. The third-order valence-corrected chi connectivity index (χ3v) is 5.40. The molecule has 1 fully saturated rings. The van der Waals surface area contributed by atoms with Crippen molar-refractivity contribution in [2.24, 2.45) is 5.73 Å². The fourth-order valence-electron chi connectivity index (χ4n) is 3.51. The van der Waals surface area contributed by atoms with Gasteiger partial charge in [0.25, 0.3) is 0 Å². The Labute approximate surface area is 165 Å². The molecule has 8 heteroatoms. The number of carbonyl (C=O) groups excluding carboxylic acids is 1. The highest BCUT2D eigenvalue weighted by Gasteiger charge is 2.26. The van der Waals surface area contributed by atoms with Crippen molar-refractivity contribution in [3.05, 3.63) is 52.9 Å². The average Bonchev–Trinajstić information content (AvgIpc) is 3.11. The molecular weight excluding hydrogens is 382 g/mol. The number of rotatable bonds is 3. The molecule has 1 aliphatic rings. The first-order valence-corrected chi connectivity index (χ1v) is 9.28. The molecule has 0 radical (unpaired) electrons. The number of benzene rings is 2. The second-order valence-electron chi connectivity index (χ2n) is 6.84. The minimum atomic E-state index is -0.889. The van der Waals surface area contributed by atoms with Crippen LogP contribution >= 0.6 is 11.6 Å². The molecule has 144 valence electrons. The number of carboxylic acid groups (broad SMARTS) is 1. The van der Waals surface area contributed by atoms with E-state index in [0.717, 1.165) is 11.1 Å². The van der Waals surface area contributed by atoms with E-state index in [1.807, 2.05) is 18.2 Å². The molecule has 0 saturated carbocycles. The van der Waals surface area contributed by atoms with E-state index in [4.69, 9.17) is 26.9 Å². The fraction of sp³-hybridized carbons (Fsp3) is 0.250. The van der Waals surface area contributed by atoms with Crippen LogP contribution < -0.4 is 5.73 Å². The lowest BCUT2D eigenvalue weighted by molar-refractivity contribution is 0.1000. The zero-order chi connectivity index (χ0) is 19.8. The molecule has 1 aliphatic heterocycles. The molecular formula is C20H18ClN3O4. The third kappa shape index (κ3) is 3.41. The van der Waals surface area contributed by atoms with Crippen molar-refractivity contribution in [3.63, 3.8) is 0 Å². The molecule has 3 aromatic rings. The van der Waals surface area contributed by atoms with Gasteiger partial charge in [-0.3, -0.25) is 4.79 Å². The Morgan fingerprint density at radius 1 is 1.18 bits per heavy atom. The predicted molar refractivity (Wildman–Crippen MR) is 105 cm³/mol. The number of primary amides is 1. The molecule has 3 N–H and O–H groups in total. The van der Waals surface area contributed by atoms with Gasteiger partial charge in [0.1, 0.15) is 5.52 Å². The Kier molecular flexibility index (Phi) is 4.68. The van der Waals surface area contributed by atoms with Crippen LogP contribution in [0.2, 0.25) is 5.02 Å². The van der Waals surface area contributed by atoms with E-state index in [2.05, 4.69) is 4.98 Å². The summed E-state index contributed by atoms with van der Waals surface area (Å²) in [4.78, 5) is 28.4. The molecule has 4 rings (SSSR count). The first-order chi connectivity index (χ1) is 13.4. The largest absolute Gasteiger partial charge is 0.465 e. The van der Waals surface area contributed by atoms with E-state index in [1.165, 1.54) is 4.90 Å². The average molecular weight is 400 g/mol. The number of likely N-dealkylation sites (tertiary alicyclic amines) is 1. The first kappa shape index (κ1) is 18.3. The van der Waals surface area contributed by atoms with Crippen LogP contribution in [-0.4, -0.2) is 40.1 Å². The zero-order valence-corrected chi connectivity index (χ0v) is 15.6. The highest BCUT2D eigenvalue weighted by molar-refractivity contribution is 6.33. The van der Waals surface area contributed by atoms with Crippen molar-refractivity contribution < 1.29 is 19.1 Å². The lowest BCUT2D eigenvalue weighted by Crippen LogP contribution is -2.36. The van der Waals surface area contributed by atoms with Crippen LogP contribution in [0.15, 0.2) is 40.8 Å². The van der Waals surface area contributed by atoms with Crippen molar-refractivity contribution in [2.75, 3.05) is 13.1 Å². The van der Waals surface area contributed by atoms with Gasteiger partial charge in [0.15, 0.2) is 11.5 Å². The number of aromatic nitrogens is 1. The minimum absolute atomic E-state index is 0.102. The summed E-state index contributed by atoms with van der Waals surface area (Å²) in [6.45, 7) is 0.956. The van der Waals surface area contributed by atoms with Gasteiger partial charge in [-0.15, -0.1) is 0 Å². The molecule has 1 aromatic heterocycles. The topological polar surface area (TPSA) is 110 Å². The Hall–Kier alpha value is -3.06. The molecule has 7 nitrogen and oxygen atoms in total. The summed E-state index contributed by atoms with van der Waals surface area (Å²) in [6, 6.07) is 10.6. The van der Waals surface area contributed by atoms with Gasteiger partial charge < -0.3 is 20.2 Å². The minimum Gasteiger partial charge on any atom is -0.465 e. The van der Waals surface area contributed by atoms with E-state index >= 15 is 0 Å². The maximum absolute atomic E-state index is 11.3. The van der Waals surface area contributed by atoms with Crippen LogP contribution in [0.4, 0.5) is 4.79 Å². The first-order valence-electron chi connectivity index (χ1n) is 8.90. The van der Waals surface area contributed by atoms with Crippen molar-refractivity contribution in [1.29, 1.82) is 0 Å². The number of nitrogens with two attached hydrogens (primary N) is 1. The van der Waals surface area contributed by atoms with E-state index in [9.17, 15) is 9.59 Å². The number of fused-ring (bicyclic) bond motifs is 1. The number of piperidine rings is 1. The number of hydrogen-bond donors (Lipinski definition) is 2. The molecule has 0 spiro atoms. The molecule has 2 amide bonds. The number of hydrogen-bond acceptors (Lipinski definition) is 4. The van der Waals surface area contributed by atoms with Crippen molar-refractivity contribution in [3.8, 4) is 11.1 Å². The van der Waals surface area contributed by atoms with Gasteiger partial charge in [-0.05, 0) is 42.7 Å². The van der Waals surface area contributed by atoms with Gasteiger partial charge in [0.05, 0.1) is 0 Å². The summed E-state index contributed by atoms with van der Waals surface area (Å²) in [5.74, 6) is 0.205. The van der Waals surface area contributed by atoms with Gasteiger partial charge in [-0.2, -0.15) is 0 Å². The molecule has 0 unspecified atom stereocenters. The van der Waals surface area contributed by atoms with Crippen LogP contribution in [-0.2, 0) is 0 Å². The predicted octanol–water partition coefficient (Wildman–Crippen LogP) is 4.10. The molecule has 2 heterocycles. The second-order valence-corrected chi connectivity index (χ2v) is 7.24. The number of amides is 2. The molecule has 1 saturated heterocycles. The Balaban J connectivity index is 1.61. The lowest BCUT2D eigenvalue weighted by atomic mass is 9.97. The summed E-state index contributed by atoms with van der Waals surface area (Å²) in [6.07, 6.45) is 0.485. The van der Waals surface area contributed by atoms with Crippen LogP contribution in [0.5, 0.6) is 0 Å². The van der Waals surface area contributed by atoms with Gasteiger partial charge in [0.2, 0.25) is 5.91 Å². The molecule has 0 bridgehead atoms. The molecule has 2 aromatic carbocycles. The van der Waals surface area contributed by atoms with E-state index < -0.39 is 12.0 Å².